The van der Waals surface area contributed by atoms with E-state index < -0.39 is 5.82 Å². The highest BCUT2D eigenvalue weighted by Gasteiger charge is 2.39. The van der Waals surface area contributed by atoms with Crippen LogP contribution in [0.3, 0.4) is 0 Å². The van der Waals surface area contributed by atoms with Crippen molar-refractivity contribution in [2.24, 2.45) is 0 Å². The molecule has 8 amide bonds. The standard InChI is InChI=1S/C19H23ClN4O.C18H21BrN4O2.C18H20ClFN4O2.C18H21ClN4O2/c1-12-9-17-16(18(23-22-17)13-5-2-3-6-13)11-24(12)19(25)21-15-8-4-7-14(20)10-15;1-11-8-15-14(17(22-21-15)16-6-3-7-25-16)10-23(11)18(24)20-13-5-2-4-12(19)9-13;1-10-7-15-12(17(23-22-15)16-3-2-6-26-16)9-24(10)18(25)21-11-4-5-14(20)13(19)8-11;1-11-8-15-14(17(22-21-15)16-6-3-7-25-16)10-23(11)18(24)20-13-5-2-4-12(19)9-13/h4,7-8,10,12-13H,2-3,5-6,9,11H2,1H3,(H,21,25)(H,22,23);2,4-5,9,11,16H,3,6-8,10H2,1H3,(H,20,24)(H,21,22);4-5,8,10,16H,2-3,6-7,9H2,1H3,(H,21,25)(H,22,23);2,4-5,9,11,16H,3,6-8,10H2,1H3,(H,20,24)(H,21,22). The third-order valence-corrected chi connectivity index (χ3v) is 21.5. The Balaban J connectivity index is 0.000000120. The summed E-state index contributed by atoms with van der Waals surface area (Å²) in [4.78, 5) is 58.5. The third kappa shape index (κ3) is 16.7. The van der Waals surface area contributed by atoms with Gasteiger partial charge in [0.05, 0.1) is 54.0 Å². The minimum atomic E-state index is -0.514. The van der Waals surface area contributed by atoms with Crippen LogP contribution in [-0.4, -0.2) is 129 Å². The molecule has 0 bridgehead atoms. The Hall–Kier alpha value is -8.04. The molecule has 4 aromatic heterocycles. The zero-order valence-corrected chi connectivity index (χ0v) is 60.8. The molecule has 11 heterocycles. The van der Waals surface area contributed by atoms with Crippen molar-refractivity contribution in [3.05, 3.63) is 184 Å². The van der Waals surface area contributed by atoms with Crippen molar-refractivity contribution in [1.29, 1.82) is 0 Å². The molecule has 4 aromatic carbocycles. The molecule has 7 atom stereocenters. The Kier molecular flexibility index (Phi) is 22.7. The lowest BCUT2D eigenvalue weighted by Gasteiger charge is -2.33. The van der Waals surface area contributed by atoms with Crippen LogP contribution < -0.4 is 21.3 Å². The van der Waals surface area contributed by atoms with Gasteiger partial charge in [0, 0.05) is 158 Å². The van der Waals surface area contributed by atoms with Gasteiger partial charge in [-0.05, 0) is 152 Å². The van der Waals surface area contributed by atoms with E-state index in [4.69, 9.17) is 49.0 Å². The van der Waals surface area contributed by atoms with E-state index in [1.807, 2.05) is 77.1 Å². The number of benzene rings is 4. The molecule has 3 saturated heterocycles. The van der Waals surface area contributed by atoms with E-state index in [-0.39, 0.29) is 71.6 Å². The molecule has 4 fully saturated rings. The first-order valence-corrected chi connectivity index (χ1v) is 36.9. The van der Waals surface area contributed by atoms with Gasteiger partial charge < -0.3 is 55.1 Å². The lowest BCUT2D eigenvalue weighted by Crippen LogP contribution is -2.45. The minimum absolute atomic E-state index is 0.00391. The SMILES string of the molecule is CC1Cc2[nH]nc(C3CCCC3)c2CN1C(=O)Nc1cccc(Cl)c1.CC1Cc2[nH]nc(C3CCCO3)c2CN1C(=O)Nc1ccc(F)c(Cl)c1.CC1Cc2[nH]nc(C3CCCO3)c2CN1C(=O)Nc1cccc(Br)c1.CC1Cc2[nH]nc(C3CCCO3)c2CN1C(=O)Nc1cccc(Cl)c1. The summed E-state index contributed by atoms with van der Waals surface area (Å²) >= 11 is 21.2. The first-order chi connectivity index (χ1) is 48.9. The molecule has 1 aliphatic carbocycles. The number of hydrogen-bond donors (Lipinski definition) is 8. The highest BCUT2D eigenvalue weighted by Crippen LogP contribution is 2.41. The number of halogens is 5. The first kappa shape index (κ1) is 71.4. The summed E-state index contributed by atoms with van der Waals surface area (Å²) in [5.74, 6) is 0.0338. The number of rotatable bonds is 8. The summed E-state index contributed by atoms with van der Waals surface area (Å²) in [5, 5.41) is 43.5. The lowest BCUT2D eigenvalue weighted by molar-refractivity contribution is 0.106. The number of hydrogen-bond acceptors (Lipinski definition) is 11. The maximum atomic E-state index is 13.3. The van der Waals surface area contributed by atoms with Gasteiger partial charge in [0.15, 0.2) is 0 Å². The summed E-state index contributed by atoms with van der Waals surface area (Å²) in [7, 11) is 0. The van der Waals surface area contributed by atoms with Crippen molar-refractivity contribution in [2.75, 3.05) is 41.1 Å². The van der Waals surface area contributed by atoms with Crippen LogP contribution >= 0.6 is 50.7 Å². The molecule has 8 N–H and O–H groups in total. The summed E-state index contributed by atoms with van der Waals surface area (Å²) in [6.45, 7) is 12.7. The van der Waals surface area contributed by atoms with Crippen molar-refractivity contribution in [3.63, 3.8) is 0 Å². The number of fused-ring (bicyclic) bond motifs is 4. The van der Waals surface area contributed by atoms with Gasteiger partial charge in [-0.3, -0.25) is 20.4 Å². The highest BCUT2D eigenvalue weighted by atomic mass is 79.9. The molecule has 0 spiro atoms. The van der Waals surface area contributed by atoms with Crippen LogP contribution in [0.4, 0.5) is 46.3 Å². The molecule has 8 aliphatic rings. The van der Waals surface area contributed by atoms with E-state index >= 15 is 0 Å². The quantitative estimate of drug-likeness (QED) is 0.0708. The van der Waals surface area contributed by atoms with Gasteiger partial charge in [-0.1, -0.05) is 81.8 Å². The maximum absolute atomic E-state index is 13.3. The number of ether oxygens (including phenoxy) is 3. The van der Waals surface area contributed by atoms with Gasteiger partial charge in [-0.15, -0.1) is 0 Å². The summed E-state index contributed by atoms with van der Waals surface area (Å²) in [5.41, 5.74) is 15.7. The monoisotopic (exact) mass is 1500 g/mol. The van der Waals surface area contributed by atoms with E-state index in [1.165, 1.54) is 60.8 Å². The topological polar surface area (TPSA) is 272 Å². The number of anilines is 4. The number of carbonyl (C=O) groups is 4. The average Bonchev–Trinajstić information content (AvgIpc) is 1.22. The highest BCUT2D eigenvalue weighted by molar-refractivity contribution is 9.10. The smallest absolute Gasteiger partial charge is 0.322 e. The van der Waals surface area contributed by atoms with Crippen LogP contribution in [0.2, 0.25) is 15.1 Å². The molecule has 7 aliphatic heterocycles. The van der Waals surface area contributed by atoms with E-state index in [0.717, 1.165) is 144 Å². The second-order valence-electron chi connectivity index (χ2n) is 27.4. The normalized spacial score (nSPS) is 22.1. The summed E-state index contributed by atoms with van der Waals surface area (Å²) < 4.78 is 31.6. The number of carbonyl (C=O) groups excluding carboxylic acids is 4. The summed E-state index contributed by atoms with van der Waals surface area (Å²) in [6, 6.07) is 26.0. The molecular weight excluding hydrogens is 1420 g/mol. The van der Waals surface area contributed by atoms with Gasteiger partial charge in [0.25, 0.3) is 0 Å². The number of H-pyrrole nitrogens is 4. The lowest BCUT2D eigenvalue weighted by atomic mass is 9.94. The number of nitrogens with one attached hydrogen (secondary N) is 8. The Morgan fingerprint density at radius 1 is 0.446 bits per heavy atom. The van der Waals surface area contributed by atoms with Gasteiger partial charge >= 0.3 is 24.1 Å². The Labute approximate surface area is 609 Å². The number of amides is 8. The number of urea groups is 4. The van der Waals surface area contributed by atoms with Crippen molar-refractivity contribution in [2.45, 2.75) is 192 Å². The molecule has 7 unspecified atom stereocenters. The van der Waals surface area contributed by atoms with Gasteiger partial charge in [-0.25, -0.2) is 23.6 Å². The molecule has 23 nitrogen and oxygen atoms in total. The van der Waals surface area contributed by atoms with E-state index in [0.29, 0.717) is 59.9 Å². The van der Waals surface area contributed by atoms with Crippen LogP contribution in [0.5, 0.6) is 0 Å². The Morgan fingerprint density at radius 2 is 0.782 bits per heavy atom. The maximum Gasteiger partial charge on any atom is 0.322 e. The van der Waals surface area contributed by atoms with E-state index in [9.17, 15) is 23.6 Å². The zero-order chi connectivity index (χ0) is 70.4. The first-order valence-electron chi connectivity index (χ1n) is 35.0. The van der Waals surface area contributed by atoms with Crippen LogP contribution in [0.25, 0.3) is 0 Å². The van der Waals surface area contributed by atoms with Crippen LogP contribution in [0, 0.1) is 5.82 Å². The zero-order valence-electron chi connectivity index (χ0n) is 57.0. The molecule has 28 heteroatoms. The fraction of sp³-hybridized carbons (Fsp3) is 0.452. The molecule has 16 rings (SSSR count). The second kappa shape index (κ2) is 32.1. The molecule has 101 heavy (non-hydrogen) atoms. The molecule has 534 valence electrons. The van der Waals surface area contributed by atoms with Crippen LogP contribution in [-0.2, 0) is 66.1 Å². The minimum Gasteiger partial charge on any atom is -0.372 e. The van der Waals surface area contributed by atoms with Crippen molar-refractivity contribution >= 4 is 97.6 Å². The number of nitrogens with zero attached hydrogens (tertiary/aromatic N) is 8. The van der Waals surface area contributed by atoms with Gasteiger partial charge in [0.1, 0.15) is 24.1 Å². The molecule has 8 aromatic rings. The molecule has 1 saturated carbocycles. The van der Waals surface area contributed by atoms with E-state index in [2.05, 4.69) is 91.8 Å². The average molecular weight is 1500 g/mol. The molecular formula is C73H85BrCl3FN16O7. The van der Waals surface area contributed by atoms with Crippen LogP contribution in [0.1, 0.15) is 184 Å². The van der Waals surface area contributed by atoms with E-state index in [1.54, 1.807) is 29.2 Å². The van der Waals surface area contributed by atoms with Crippen molar-refractivity contribution in [1.82, 2.24) is 60.4 Å². The van der Waals surface area contributed by atoms with Crippen molar-refractivity contribution < 1.29 is 37.8 Å². The van der Waals surface area contributed by atoms with Gasteiger partial charge in [0.2, 0.25) is 0 Å². The largest absolute Gasteiger partial charge is 0.372 e. The third-order valence-electron chi connectivity index (χ3n) is 20.3. The predicted octanol–water partition coefficient (Wildman–Crippen LogP) is 16.6. The fourth-order valence-corrected chi connectivity index (χ4v) is 15.8. The number of aromatic amines is 4. The predicted molar refractivity (Wildman–Crippen MR) is 389 cm³/mol. The number of aromatic nitrogens is 8. The second-order valence-corrected chi connectivity index (χ2v) is 29.6. The Bertz CT molecular complexity index is 3940. The van der Waals surface area contributed by atoms with Crippen molar-refractivity contribution in [3.8, 4) is 0 Å². The van der Waals surface area contributed by atoms with Gasteiger partial charge in [-0.2, -0.15) is 20.4 Å². The molecule has 0 radical (unpaired) electrons. The van der Waals surface area contributed by atoms with Crippen LogP contribution in [0.15, 0.2) is 95.5 Å². The summed E-state index contributed by atoms with van der Waals surface area (Å²) in [6.07, 6.45) is 14.2. The fourth-order valence-electron chi connectivity index (χ4n) is 14.8. The Morgan fingerprint density at radius 3 is 1.12 bits per heavy atom.